The summed E-state index contributed by atoms with van der Waals surface area (Å²) in [6.07, 6.45) is 6.15. The van der Waals surface area contributed by atoms with Crippen molar-refractivity contribution in [3.63, 3.8) is 0 Å². The Labute approximate surface area is 199 Å². The van der Waals surface area contributed by atoms with Gasteiger partial charge in [-0.3, -0.25) is 4.99 Å². The second-order valence-electron chi connectivity index (χ2n) is 8.25. The molecule has 0 aromatic heterocycles. The maximum atomic E-state index is 5.70. The van der Waals surface area contributed by atoms with Crippen LogP contribution in [-0.2, 0) is 16.0 Å². The highest BCUT2D eigenvalue weighted by Gasteiger charge is 2.16. The number of hydrogen-bond donors (Lipinski definition) is 2. The highest BCUT2D eigenvalue weighted by atomic mass is 127. The van der Waals surface area contributed by atoms with Gasteiger partial charge in [-0.2, -0.15) is 0 Å². The molecule has 1 unspecified atom stereocenters. The number of ether oxygens (including phenoxy) is 2. The molecule has 170 valence electrons. The predicted molar refractivity (Wildman–Crippen MR) is 135 cm³/mol. The largest absolute Gasteiger partial charge is 0.379 e. The summed E-state index contributed by atoms with van der Waals surface area (Å²) in [6.45, 7) is 8.67. The fourth-order valence-electron chi connectivity index (χ4n) is 3.87. The minimum atomic E-state index is 0. The Morgan fingerprint density at radius 2 is 1.93 bits per heavy atom. The van der Waals surface area contributed by atoms with E-state index in [2.05, 4.69) is 51.7 Å². The molecular formula is C23H39IN4O2. The van der Waals surface area contributed by atoms with Gasteiger partial charge in [0.15, 0.2) is 5.96 Å². The Hall–Kier alpha value is -1.06. The number of benzene rings is 1. The van der Waals surface area contributed by atoms with E-state index in [0.29, 0.717) is 6.10 Å². The molecule has 2 N–H and O–H groups in total. The van der Waals surface area contributed by atoms with Crippen molar-refractivity contribution in [2.24, 2.45) is 10.9 Å². The molecule has 2 aliphatic rings. The standard InChI is InChI=1S/C23H38N4O2.HI/c1-19-10-13-27(14-11-19)21-8-6-20(7-9-21)17-26-23(24-2)25-12-4-15-28-18-22-5-3-16-29-22;/h6-9,19,22H,3-5,10-18H2,1-2H3,(H2,24,25,26);1H. The fraction of sp³-hybridized carbons (Fsp3) is 0.696. The van der Waals surface area contributed by atoms with Gasteiger partial charge in [-0.25, -0.2) is 0 Å². The Balaban J connectivity index is 0.00000320. The van der Waals surface area contributed by atoms with E-state index in [1.54, 1.807) is 0 Å². The van der Waals surface area contributed by atoms with Crippen LogP contribution in [0.5, 0.6) is 0 Å². The maximum absolute atomic E-state index is 5.70. The molecule has 0 amide bonds. The first-order chi connectivity index (χ1) is 14.2. The molecule has 0 spiro atoms. The molecule has 3 rings (SSSR count). The average Bonchev–Trinajstić information content (AvgIpc) is 3.27. The van der Waals surface area contributed by atoms with E-state index in [9.17, 15) is 0 Å². The first-order valence-electron chi connectivity index (χ1n) is 11.2. The molecule has 0 saturated carbocycles. The Morgan fingerprint density at radius 1 is 1.17 bits per heavy atom. The molecule has 2 aliphatic heterocycles. The second kappa shape index (κ2) is 14.1. The smallest absolute Gasteiger partial charge is 0.191 e. The lowest BCUT2D eigenvalue weighted by Gasteiger charge is -2.32. The van der Waals surface area contributed by atoms with E-state index in [-0.39, 0.29) is 24.0 Å². The summed E-state index contributed by atoms with van der Waals surface area (Å²) < 4.78 is 11.3. The van der Waals surface area contributed by atoms with Crippen molar-refractivity contribution < 1.29 is 9.47 Å². The molecule has 2 saturated heterocycles. The molecule has 30 heavy (non-hydrogen) atoms. The highest BCUT2D eigenvalue weighted by Crippen LogP contribution is 2.23. The quantitative estimate of drug-likeness (QED) is 0.220. The summed E-state index contributed by atoms with van der Waals surface area (Å²) in [5.74, 6) is 1.69. The molecule has 6 nitrogen and oxygen atoms in total. The second-order valence-corrected chi connectivity index (χ2v) is 8.25. The zero-order valence-corrected chi connectivity index (χ0v) is 20.9. The number of hydrogen-bond acceptors (Lipinski definition) is 4. The van der Waals surface area contributed by atoms with Gasteiger partial charge >= 0.3 is 0 Å². The zero-order valence-electron chi connectivity index (χ0n) is 18.6. The van der Waals surface area contributed by atoms with Gasteiger partial charge in [0.05, 0.1) is 12.7 Å². The SMILES string of the molecule is CN=C(NCCCOCC1CCCO1)NCc1ccc(N2CCC(C)CC2)cc1.I. The van der Waals surface area contributed by atoms with Crippen LogP contribution in [0.1, 0.15) is 44.6 Å². The van der Waals surface area contributed by atoms with E-state index in [1.807, 2.05) is 7.05 Å². The van der Waals surface area contributed by atoms with Crippen molar-refractivity contribution in [2.75, 3.05) is 51.4 Å². The van der Waals surface area contributed by atoms with Crippen LogP contribution in [0, 0.1) is 5.92 Å². The summed E-state index contributed by atoms with van der Waals surface area (Å²) in [5.41, 5.74) is 2.60. The van der Waals surface area contributed by atoms with Gasteiger partial charge in [-0.05, 0) is 55.7 Å². The molecule has 0 aliphatic carbocycles. The molecule has 2 fully saturated rings. The lowest BCUT2D eigenvalue weighted by molar-refractivity contribution is 0.0168. The highest BCUT2D eigenvalue weighted by molar-refractivity contribution is 14.0. The first-order valence-corrected chi connectivity index (χ1v) is 11.2. The number of nitrogens with zero attached hydrogens (tertiary/aromatic N) is 2. The number of halogens is 1. The van der Waals surface area contributed by atoms with Crippen molar-refractivity contribution in [1.82, 2.24) is 10.6 Å². The van der Waals surface area contributed by atoms with Crippen molar-refractivity contribution in [3.05, 3.63) is 29.8 Å². The summed E-state index contributed by atoms with van der Waals surface area (Å²) >= 11 is 0. The molecule has 1 atom stereocenters. The van der Waals surface area contributed by atoms with Gasteiger partial charge in [0, 0.05) is 52.1 Å². The number of nitrogens with one attached hydrogen (secondary N) is 2. The third kappa shape index (κ3) is 8.59. The van der Waals surface area contributed by atoms with Crippen LogP contribution in [0.2, 0.25) is 0 Å². The lowest BCUT2D eigenvalue weighted by atomic mass is 9.99. The topological polar surface area (TPSA) is 58.1 Å². The number of guanidine groups is 1. The summed E-state index contributed by atoms with van der Waals surface area (Å²) in [7, 11) is 1.81. The van der Waals surface area contributed by atoms with Gasteiger partial charge in [0.1, 0.15) is 0 Å². The van der Waals surface area contributed by atoms with E-state index >= 15 is 0 Å². The molecule has 0 bridgehead atoms. The van der Waals surface area contributed by atoms with Crippen molar-refractivity contribution >= 4 is 35.6 Å². The molecule has 7 heteroatoms. The Bertz CT molecular complexity index is 612. The Morgan fingerprint density at radius 3 is 2.60 bits per heavy atom. The van der Waals surface area contributed by atoms with Crippen LogP contribution in [0.3, 0.4) is 0 Å². The van der Waals surface area contributed by atoms with Crippen LogP contribution in [0.25, 0.3) is 0 Å². The van der Waals surface area contributed by atoms with Gasteiger partial charge in [-0.15, -0.1) is 24.0 Å². The molecular weight excluding hydrogens is 491 g/mol. The summed E-state index contributed by atoms with van der Waals surface area (Å²) in [5, 5.41) is 6.75. The number of piperidine rings is 1. The van der Waals surface area contributed by atoms with Gasteiger partial charge in [0.25, 0.3) is 0 Å². The predicted octanol–water partition coefficient (Wildman–Crippen LogP) is 3.79. The van der Waals surface area contributed by atoms with Crippen molar-refractivity contribution in [2.45, 2.75) is 51.7 Å². The van der Waals surface area contributed by atoms with Gasteiger partial charge in [0.2, 0.25) is 0 Å². The van der Waals surface area contributed by atoms with Crippen LogP contribution >= 0.6 is 24.0 Å². The third-order valence-electron chi connectivity index (χ3n) is 5.85. The molecule has 1 aromatic carbocycles. The van der Waals surface area contributed by atoms with Crippen molar-refractivity contribution in [3.8, 4) is 0 Å². The monoisotopic (exact) mass is 530 g/mol. The van der Waals surface area contributed by atoms with Crippen LogP contribution in [0.4, 0.5) is 5.69 Å². The summed E-state index contributed by atoms with van der Waals surface area (Å²) in [6, 6.07) is 8.92. The lowest BCUT2D eigenvalue weighted by Crippen LogP contribution is -2.37. The molecule has 1 aromatic rings. The minimum Gasteiger partial charge on any atom is -0.379 e. The zero-order chi connectivity index (χ0) is 20.3. The number of anilines is 1. The van der Waals surface area contributed by atoms with E-state index < -0.39 is 0 Å². The number of rotatable bonds is 9. The first kappa shape index (κ1) is 25.2. The average molecular weight is 530 g/mol. The van der Waals surface area contributed by atoms with Crippen molar-refractivity contribution in [1.29, 1.82) is 0 Å². The van der Waals surface area contributed by atoms with E-state index in [1.165, 1.54) is 37.2 Å². The summed E-state index contributed by atoms with van der Waals surface area (Å²) in [4.78, 5) is 6.81. The fourth-order valence-corrected chi connectivity index (χ4v) is 3.87. The third-order valence-corrected chi connectivity index (χ3v) is 5.85. The molecule has 2 heterocycles. The maximum Gasteiger partial charge on any atom is 0.191 e. The van der Waals surface area contributed by atoms with Crippen LogP contribution < -0.4 is 15.5 Å². The Kier molecular flexibility index (Phi) is 11.8. The minimum absolute atomic E-state index is 0. The molecule has 0 radical (unpaired) electrons. The number of aliphatic imine (C=N–C) groups is 1. The normalized spacial score (nSPS) is 20.1. The van der Waals surface area contributed by atoms with E-state index in [4.69, 9.17) is 9.47 Å². The van der Waals surface area contributed by atoms with Gasteiger partial charge < -0.3 is 25.0 Å². The van der Waals surface area contributed by atoms with Gasteiger partial charge in [-0.1, -0.05) is 19.1 Å². The van der Waals surface area contributed by atoms with Crippen LogP contribution in [0.15, 0.2) is 29.3 Å². The van der Waals surface area contributed by atoms with E-state index in [0.717, 1.165) is 64.1 Å². The van der Waals surface area contributed by atoms with Crippen LogP contribution in [-0.4, -0.2) is 58.6 Å².